The van der Waals surface area contributed by atoms with Gasteiger partial charge in [0, 0.05) is 16.3 Å². The van der Waals surface area contributed by atoms with Crippen LogP contribution in [0.2, 0.25) is 5.02 Å². The van der Waals surface area contributed by atoms with Gasteiger partial charge in [0.1, 0.15) is 5.75 Å². The Hall–Kier alpha value is -3.04. The lowest BCUT2D eigenvalue weighted by Crippen LogP contribution is -2.30. The SMILES string of the molecule is COc1ccc(Cl)cc1CC(=O)O[C@H](C)C(=O)Nc1cccc(C#N)c1. The molecule has 0 unspecified atom stereocenters. The lowest BCUT2D eigenvalue weighted by atomic mass is 10.1. The standard InChI is InChI=1S/C19H17ClN2O4/c1-12(19(24)22-16-5-3-4-13(8-16)11-21)26-18(23)10-14-9-15(20)6-7-17(14)25-2/h3-9,12H,10H2,1-2H3,(H,22,24)/t12-/m1/s1. The average Bonchev–Trinajstić information content (AvgIpc) is 2.61. The van der Waals surface area contributed by atoms with Crippen LogP contribution in [0, 0.1) is 11.3 Å². The second-order valence-corrected chi connectivity index (χ2v) is 5.88. The Labute approximate surface area is 156 Å². The largest absolute Gasteiger partial charge is 0.496 e. The Bertz CT molecular complexity index is 861. The van der Waals surface area contributed by atoms with Crippen LogP contribution in [-0.2, 0) is 20.7 Å². The first kappa shape index (κ1) is 19.3. The molecule has 0 saturated carbocycles. The second-order valence-electron chi connectivity index (χ2n) is 5.45. The van der Waals surface area contributed by atoms with E-state index >= 15 is 0 Å². The molecule has 0 heterocycles. The van der Waals surface area contributed by atoms with E-state index in [1.54, 1.807) is 36.4 Å². The van der Waals surface area contributed by atoms with Gasteiger partial charge in [0.15, 0.2) is 6.10 Å². The predicted octanol–water partition coefficient (Wildman–Crippen LogP) is 3.33. The fourth-order valence-corrected chi connectivity index (χ4v) is 2.44. The molecule has 0 saturated heterocycles. The van der Waals surface area contributed by atoms with E-state index in [2.05, 4.69) is 5.32 Å². The number of carbonyl (C=O) groups is 2. The van der Waals surface area contributed by atoms with Gasteiger partial charge < -0.3 is 14.8 Å². The van der Waals surface area contributed by atoms with Crippen molar-refractivity contribution < 1.29 is 19.1 Å². The number of anilines is 1. The number of esters is 1. The molecule has 0 aliphatic heterocycles. The Morgan fingerprint density at radius 1 is 1.27 bits per heavy atom. The molecule has 26 heavy (non-hydrogen) atoms. The quantitative estimate of drug-likeness (QED) is 0.785. The predicted molar refractivity (Wildman–Crippen MR) is 97.0 cm³/mol. The van der Waals surface area contributed by atoms with Crippen molar-refractivity contribution >= 4 is 29.2 Å². The summed E-state index contributed by atoms with van der Waals surface area (Å²) in [6, 6.07) is 13.4. The number of nitrogens with one attached hydrogen (secondary N) is 1. The molecule has 134 valence electrons. The highest BCUT2D eigenvalue weighted by molar-refractivity contribution is 6.30. The maximum absolute atomic E-state index is 12.2. The molecule has 1 N–H and O–H groups in total. The van der Waals surface area contributed by atoms with Crippen LogP contribution in [0.4, 0.5) is 5.69 Å². The van der Waals surface area contributed by atoms with Gasteiger partial charge in [0.2, 0.25) is 0 Å². The molecular weight excluding hydrogens is 356 g/mol. The van der Waals surface area contributed by atoms with Crippen molar-refractivity contribution in [1.82, 2.24) is 0 Å². The van der Waals surface area contributed by atoms with E-state index in [-0.39, 0.29) is 6.42 Å². The summed E-state index contributed by atoms with van der Waals surface area (Å²) in [5.41, 5.74) is 1.44. The van der Waals surface area contributed by atoms with Gasteiger partial charge in [-0.25, -0.2) is 0 Å². The van der Waals surface area contributed by atoms with Crippen molar-refractivity contribution in [3.63, 3.8) is 0 Å². The summed E-state index contributed by atoms with van der Waals surface area (Å²) in [4.78, 5) is 24.3. The number of nitrogens with zero attached hydrogens (tertiary/aromatic N) is 1. The molecule has 0 bridgehead atoms. The van der Waals surface area contributed by atoms with Gasteiger partial charge in [-0.1, -0.05) is 17.7 Å². The average molecular weight is 373 g/mol. The van der Waals surface area contributed by atoms with E-state index in [1.807, 2.05) is 6.07 Å². The molecule has 0 fully saturated rings. The highest BCUT2D eigenvalue weighted by Gasteiger charge is 2.19. The zero-order valence-corrected chi connectivity index (χ0v) is 15.0. The van der Waals surface area contributed by atoms with Gasteiger partial charge >= 0.3 is 5.97 Å². The van der Waals surface area contributed by atoms with Crippen LogP contribution in [0.15, 0.2) is 42.5 Å². The van der Waals surface area contributed by atoms with Gasteiger partial charge in [0.05, 0.1) is 25.2 Å². The van der Waals surface area contributed by atoms with Gasteiger partial charge in [-0.2, -0.15) is 5.26 Å². The number of carbonyl (C=O) groups excluding carboxylic acids is 2. The van der Waals surface area contributed by atoms with Crippen molar-refractivity contribution in [3.8, 4) is 11.8 Å². The highest BCUT2D eigenvalue weighted by Crippen LogP contribution is 2.23. The van der Waals surface area contributed by atoms with Gasteiger partial charge in [-0.15, -0.1) is 0 Å². The Balaban J connectivity index is 1.97. The smallest absolute Gasteiger partial charge is 0.311 e. The van der Waals surface area contributed by atoms with E-state index in [0.717, 1.165) is 0 Å². The molecular formula is C19H17ClN2O4. The molecule has 0 aromatic heterocycles. The summed E-state index contributed by atoms with van der Waals surface area (Å²) in [6.45, 7) is 1.47. The van der Waals surface area contributed by atoms with E-state index in [1.165, 1.54) is 20.1 Å². The summed E-state index contributed by atoms with van der Waals surface area (Å²) in [7, 11) is 1.49. The molecule has 2 rings (SSSR count). The molecule has 2 aromatic rings. The maximum atomic E-state index is 12.2. The monoisotopic (exact) mass is 372 g/mol. The minimum Gasteiger partial charge on any atom is -0.496 e. The summed E-state index contributed by atoms with van der Waals surface area (Å²) in [5.74, 6) is -0.567. The van der Waals surface area contributed by atoms with Gasteiger partial charge in [-0.3, -0.25) is 9.59 Å². The molecule has 0 spiro atoms. The van der Waals surface area contributed by atoms with Crippen LogP contribution in [0.25, 0.3) is 0 Å². The molecule has 1 atom stereocenters. The fourth-order valence-electron chi connectivity index (χ4n) is 2.24. The minimum atomic E-state index is -1.00. The Morgan fingerprint density at radius 3 is 2.73 bits per heavy atom. The van der Waals surface area contributed by atoms with E-state index in [4.69, 9.17) is 26.3 Å². The number of rotatable bonds is 6. The Kier molecular flexibility index (Phi) is 6.59. The van der Waals surface area contributed by atoms with Crippen molar-refractivity contribution in [2.45, 2.75) is 19.4 Å². The third kappa shape index (κ3) is 5.23. The zero-order chi connectivity index (χ0) is 19.1. The number of benzene rings is 2. The summed E-state index contributed by atoms with van der Waals surface area (Å²) in [5, 5.41) is 11.9. The van der Waals surface area contributed by atoms with Crippen LogP contribution in [0.1, 0.15) is 18.1 Å². The topological polar surface area (TPSA) is 88.4 Å². The molecule has 0 aliphatic rings. The lowest BCUT2D eigenvalue weighted by Gasteiger charge is -2.14. The number of nitriles is 1. The number of halogens is 1. The summed E-state index contributed by atoms with van der Waals surface area (Å²) in [6.07, 6.45) is -1.08. The number of ether oxygens (including phenoxy) is 2. The third-order valence-corrected chi connectivity index (χ3v) is 3.75. The normalized spacial score (nSPS) is 11.2. The maximum Gasteiger partial charge on any atom is 0.311 e. The Morgan fingerprint density at radius 2 is 2.04 bits per heavy atom. The van der Waals surface area contributed by atoms with E-state index < -0.39 is 18.0 Å². The van der Waals surface area contributed by atoms with Crippen molar-refractivity contribution in [1.29, 1.82) is 5.26 Å². The van der Waals surface area contributed by atoms with Crippen molar-refractivity contribution in [2.75, 3.05) is 12.4 Å². The third-order valence-electron chi connectivity index (χ3n) is 3.51. The zero-order valence-electron chi connectivity index (χ0n) is 14.3. The van der Waals surface area contributed by atoms with Gasteiger partial charge in [-0.05, 0) is 43.3 Å². The highest BCUT2D eigenvalue weighted by atomic mass is 35.5. The molecule has 0 radical (unpaired) electrons. The van der Waals surface area contributed by atoms with Crippen LogP contribution in [0.5, 0.6) is 5.75 Å². The van der Waals surface area contributed by atoms with Gasteiger partial charge in [0.25, 0.3) is 5.91 Å². The summed E-state index contributed by atoms with van der Waals surface area (Å²) >= 11 is 5.93. The number of methoxy groups -OCH3 is 1. The first-order chi connectivity index (χ1) is 12.4. The van der Waals surface area contributed by atoms with Crippen LogP contribution < -0.4 is 10.1 Å². The van der Waals surface area contributed by atoms with Crippen molar-refractivity contribution in [3.05, 3.63) is 58.6 Å². The van der Waals surface area contributed by atoms with Crippen LogP contribution in [-0.4, -0.2) is 25.1 Å². The van der Waals surface area contributed by atoms with Crippen LogP contribution >= 0.6 is 11.6 Å². The number of amides is 1. The van der Waals surface area contributed by atoms with Crippen LogP contribution in [0.3, 0.4) is 0 Å². The van der Waals surface area contributed by atoms with E-state index in [9.17, 15) is 9.59 Å². The lowest BCUT2D eigenvalue weighted by molar-refractivity contribution is -0.152. The molecule has 0 aliphatic carbocycles. The molecule has 2 aromatic carbocycles. The molecule has 7 heteroatoms. The van der Waals surface area contributed by atoms with E-state index in [0.29, 0.717) is 27.6 Å². The number of hydrogen-bond donors (Lipinski definition) is 1. The molecule has 1 amide bonds. The first-order valence-corrected chi connectivity index (χ1v) is 8.13. The first-order valence-electron chi connectivity index (χ1n) is 7.76. The fraction of sp³-hybridized carbons (Fsp3) is 0.211. The molecule has 6 nitrogen and oxygen atoms in total. The summed E-state index contributed by atoms with van der Waals surface area (Å²) < 4.78 is 10.4. The second kappa shape index (κ2) is 8.88. The minimum absolute atomic E-state index is 0.0781. The number of hydrogen-bond acceptors (Lipinski definition) is 5. The van der Waals surface area contributed by atoms with Crippen molar-refractivity contribution in [2.24, 2.45) is 0 Å².